The van der Waals surface area contributed by atoms with Gasteiger partial charge in [-0.15, -0.1) is 0 Å². The fraction of sp³-hybridized carbons (Fsp3) is 0.250. The molecule has 3 aromatic rings. The molecule has 0 aliphatic heterocycles. The van der Waals surface area contributed by atoms with Crippen molar-refractivity contribution in [2.24, 2.45) is 0 Å². The second kappa shape index (κ2) is 8.60. The van der Waals surface area contributed by atoms with Crippen LogP contribution in [0, 0.1) is 16.3 Å². The van der Waals surface area contributed by atoms with Crippen LogP contribution in [0.5, 0.6) is 0 Å². The van der Waals surface area contributed by atoms with Crippen molar-refractivity contribution < 1.29 is 9.18 Å². The van der Waals surface area contributed by atoms with Gasteiger partial charge in [0.1, 0.15) is 11.5 Å². The molecule has 5 nitrogen and oxygen atoms in total. The molecule has 0 bridgehead atoms. The summed E-state index contributed by atoms with van der Waals surface area (Å²) in [7, 11) is 0. The first-order valence-electron chi connectivity index (χ1n) is 8.68. The minimum Gasteiger partial charge on any atom is -0.337 e. The number of aryl methyl sites for hydroxylation is 1. The van der Waals surface area contributed by atoms with Crippen LogP contribution in [0.2, 0.25) is 0 Å². The van der Waals surface area contributed by atoms with Gasteiger partial charge in [0.15, 0.2) is 0 Å². The number of carbonyl (C=O) groups excluding carboxylic acids is 1. The lowest BCUT2D eigenvalue weighted by Crippen LogP contribution is -2.34. The quantitative estimate of drug-likeness (QED) is 0.501. The first kappa shape index (κ1) is 19.5. The Bertz CT molecular complexity index is 939. The molecule has 27 heavy (non-hydrogen) atoms. The molecule has 0 spiro atoms. The van der Waals surface area contributed by atoms with Gasteiger partial charge in [0, 0.05) is 22.9 Å². The van der Waals surface area contributed by atoms with Crippen molar-refractivity contribution in [2.75, 3.05) is 13.1 Å². The molecule has 0 fully saturated rings. The zero-order chi connectivity index (χ0) is 19.4. The Morgan fingerprint density at radius 1 is 1.22 bits per heavy atom. The molecule has 0 atom stereocenters. The average molecular weight is 478 g/mol. The molecular formula is C20H20FIN4O. The molecule has 2 heterocycles. The number of carbonyl (C=O) groups is 1. The van der Waals surface area contributed by atoms with Gasteiger partial charge >= 0.3 is 0 Å². The minimum absolute atomic E-state index is 0.0261. The monoisotopic (exact) mass is 478 g/mol. The standard InChI is InChI=1S/C20H20FIN4O/c1-3-25(20(27)16-12-14(2)4-6-17(16)22)10-11-26-9-8-19(24-26)18-7-5-15(21)13-23-18/h4-9,12-13H,3,10-11H2,1-2H3. The predicted molar refractivity (Wildman–Crippen MR) is 111 cm³/mol. The van der Waals surface area contributed by atoms with E-state index in [1.165, 1.54) is 12.3 Å². The summed E-state index contributed by atoms with van der Waals surface area (Å²) in [6.45, 7) is 5.70. The molecule has 0 radical (unpaired) electrons. The van der Waals surface area contributed by atoms with Crippen LogP contribution in [-0.2, 0) is 6.54 Å². The molecule has 1 amide bonds. The van der Waals surface area contributed by atoms with Crippen LogP contribution < -0.4 is 0 Å². The van der Waals surface area contributed by atoms with Crippen LogP contribution in [0.25, 0.3) is 11.4 Å². The van der Waals surface area contributed by atoms with Crippen LogP contribution >= 0.6 is 22.6 Å². The Kier molecular flexibility index (Phi) is 6.20. The number of benzene rings is 1. The Morgan fingerprint density at radius 2 is 2.04 bits per heavy atom. The number of amides is 1. The highest BCUT2D eigenvalue weighted by molar-refractivity contribution is 14.1. The molecular weight excluding hydrogens is 458 g/mol. The molecule has 0 saturated carbocycles. The van der Waals surface area contributed by atoms with Gasteiger partial charge in [-0.2, -0.15) is 5.10 Å². The van der Waals surface area contributed by atoms with Crippen LogP contribution in [0.3, 0.4) is 0 Å². The zero-order valence-corrected chi connectivity index (χ0v) is 17.4. The van der Waals surface area contributed by atoms with Gasteiger partial charge < -0.3 is 4.90 Å². The summed E-state index contributed by atoms with van der Waals surface area (Å²) in [6.07, 6.45) is 3.02. The summed E-state index contributed by atoms with van der Waals surface area (Å²) in [5, 5.41) is 4.47. The van der Waals surface area contributed by atoms with E-state index in [1.54, 1.807) is 10.7 Å². The lowest BCUT2D eigenvalue weighted by atomic mass is 10.1. The van der Waals surface area contributed by atoms with E-state index in [0.29, 0.717) is 31.0 Å². The lowest BCUT2D eigenvalue weighted by Gasteiger charge is -2.21. The van der Waals surface area contributed by atoms with E-state index < -0.39 is 0 Å². The molecule has 0 aliphatic carbocycles. The number of halogens is 2. The third-order valence-corrected chi connectivity index (χ3v) is 5.19. The topological polar surface area (TPSA) is 51.0 Å². The summed E-state index contributed by atoms with van der Waals surface area (Å²) in [5.74, 6) is -0.348. The number of pyridine rings is 1. The smallest absolute Gasteiger partial charge is 0.254 e. The normalized spacial score (nSPS) is 10.8. The van der Waals surface area contributed by atoms with Crippen LogP contribution in [0.1, 0.15) is 22.8 Å². The fourth-order valence-electron chi connectivity index (χ4n) is 2.75. The Labute approximate surface area is 171 Å². The maximum Gasteiger partial charge on any atom is 0.254 e. The molecule has 7 heteroatoms. The fourth-order valence-corrected chi connectivity index (χ4v) is 3.32. The van der Waals surface area contributed by atoms with E-state index in [9.17, 15) is 9.18 Å². The highest BCUT2D eigenvalue weighted by atomic mass is 127. The van der Waals surface area contributed by atoms with Crippen molar-refractivity contribution in [1.29, 1.82) is 0 Å². The summed E-state index contributed by atoms with van der Waals surface area (Å²) >= 11 is 2.20. The van der Waals surface area contributed by atoms with E-state index in [1.807, 2.05) is 49.2 Å². The Hall–Kier alpha value is -2.29. The molecule has 0 unspecified atom stereocenters. The van der Waals surface area contributed by atoms with Gasteiger partial charge in [0.25, 0.3) is 5.91 Å². The number of aromatic nitrogens is 3. The first-order chi connectivity index (χ1) is 13.0. The van der Waals surface area contributed by atoms with E-state index in [0.717, 1.165) is 14.7 Å². The number of nitrogens with zero attached hydrogens (tertiary/aromatic N) is 4. The van der Waals surface area contributed by atoms with Gasteiger partial charge in [-0.1, -0.05) is 11.6 Å². The van der Waals surface area contributed by atoms with Crippen molar-refractivity contribution >= 4 is 28.5 Å². The molecule has 2 aromatic heterocycles. The van der Waals surface area contributed by atoms with Crippen molar-refractivity contribution in [1.82, 2.24) is 19.7 Å². The van der Waals surface area contributed by atoms with E-state index in [2.05, 4.69) is 32.7 Å². The maximum atomic E-state index is 13.0. The highest BCUT2D eigenvalue weighted by Crippen LogP contribution is 2.17. The number of likely N-dealkylation sites (N-methyl/N-ethyl adjacent to an activating group) is 1. The molecule has 3 rings (SSSR count). The third-order valence-electron chi connectivity index (χ3n) is 4.25. The Balaban J connectivity index is 1.68. The van der Waals surface area contributed by atoms with Crippen LogP contribution in [0.4, 0.5) is 4.39 Å². The SMILES string of the molecule is CCN(CCn1ccc(-c2ccc(F)cn2)n1)C(=O)c1cc(C)ccc1I. The summed E-state index contributed by atoms with van der Waals surface area (Å²) in [6, 6.07) is 10.7. The summed E-state index contributed by atoms with van der Waals surface area (Å²) in [5.41, 5.74) is 3.10. The lowest BCUT2D eigenvalue weighted by molar-refractivity contribution is 0.0756. The van der Waals surface area contributed by atoms with Gasteiger partial charge in [-0.05, 0) is 66.8 Å². The van der Waals surface area contributed by atoms with Crippen molar-refractivity contribution in [2.45, 2.75) is 20.4 Å². The van der Waals surface area contributed by atoms with Crippen LogP contribution in [0.15, 0.2) is 48.8 Å². The molecule has 0 N–H and O–H groups in total. The van der Waals surface area contributed by atoms with Gasteiger partial charge in [0.05, 0.1) is 24.0 Å². The number of hydrogen-bond acceptors (Lipinski definition) is 3. The van der Waals surface area contributed by atoms with E-state index in [4.69, 9.17) is 0 Å². The summed E-state index contributed by atoms with van der Waals surface area (Å²) < 4.78 is 15.7. The van der Waals surface area contributed by atoms with Gasteiger partial charge in [-0.25, -0.2) is 4.39 Å². The average Bonchev–Trinajstić information content (AvgIpc) is 3.13. The largest absolute Gasteiger partial charge is 0.337 e. The third kappa shape index (κ3) is 4.71. The molecule has 0 aliphatic rings. The molecule has 140 valence electrons. The first-order valence-corrected chi connectivity index (χ1v) is 9.76. The van der Waals surface area contributed by atoms with Gasteiger partial charge in [0.2, 0.25) is 0 Å². The minimum atomic E-state index is -0.374. The van der Waals surface area contributed by atoms with Crippen molar-refractivity contribution in [3.63, 3.8) is 0 Å². The number of hydrogen-bond donors (Lipinski definition) is 0. The molecule has 0 saturated heterocycles. The number of rotatable bonds is 6. The highest BCUT2D eigenvalue weighted by Gasteiger charge is 2.17. The van der Waals surface area contributed by atoms with E-state index in [-0.39, 0.29) is 11.7 Å². The van der Waals surface area contributed by atoms with Gasteiger partial charge in [-0.3, -0.25) is 14.5 Å². The maximum absolute atomic E-state index is 13.0. The molecule has 1 aromatic carbocycles. The Morgan fingerprint density at radius 3 is 2.74 bits per heavy atom. The summed E-state index contributed by atoms with van der Waals surface area (Å²) in [4.78, 5) is 18.7. The van der Waals surface area contributed by atoms with Crippen LogP contribution in [-0.4, -0.2) is 38.7 Å². The second-order valence-corrected chi connectivity index (χ2v) is 7.36. The van der Waals surface area contributed by atoms with Crippen molar-refractivity contribution in [3.8, 4) is 11.4 Å². The predicted octanol–water partition coefficient (Wildman–Crippen LogP) is 4.16. The van der Waals surface area contributed by atoms with E-state index >= 15 is 0 Å². The zero-order valence-electron chi connectivity index (χ0n) is 15.2. The van der Waals surface area contributed by atoms with Crippen molar-refractivity contribution in [3.05, 3.63) is 69.3 Å². The second-order valence-electron chi connectivity index (χ2n) is 6.19.